The van der Waals surface area contributed by atoms with Crippen molar-refractivity contribution in [2.75, 3.05) is 0 Å². The minimum atomic E-state index is -4.50. The lowest BCUT2D eigenvalue weighted by atomic mass is 10.00. The fraction of sp³-hybridized carbons (Fsp3) is 0.385. The first-order chi connectivity index (χ1) is 8.72. The van der Waals surface area contributed by atoms with Crippen molar-refractivity contribution >= 4 is 5.91 Å². The van der Waals surface area contributed by atoms with Gasteiger partial charge in [0.15, 0.2) is 0 Å². The molecular formula is C13H13F3N2O. The molecule has 1 amide bonds. The molecule has 0 aliphatic rings. The van der Waals surface area contributed by atoms with Crippen molar-refractivity contribution in [1.29, 1.82) is 5.26 Å². The smallest absolute Gasteiger partial charge is 0.334 e. The van der Waals surface area contributed by atoms with Gasteiger partial charge in [0.2, 0.25) is 0 Å². The third-order valence-corrected chi connectivity index (χ3v) is 2.80. The average molecular weight is 270 g/mol. The zero-order chi connectivity index (χ0) is 14.7. The molecular weight excluding hydrogens is 257 g/mol. The Hall–Kier alpha value is -2.03. The second-order valence-corrected chi connectivity index (χ2v) is 4.33. The Labute approximate surface area is 109 Å². The van der Waals surface area contributed by atoms with Crippen molar-refractivity contribution in [3.8, 4) is 6.07 Å². The third-order valence-electron chi connectivity index (χ3n) is 2.80. The number of rotatable bonds is 3. The molecule has 19 heavy (non-hydrogen) atoms. The summed E-state index contributed by atoms with van der Waals surface area (Å²) < 4.78 is 37.6. The number of halogens is 3. The monoisotopic (exact) mass is 270 g/mol. The highest BCUT2D eigenvalue weighted by Gasteiger charge is 2.31. The summed E-state index contributed by atoms with van der Waals surface area (Å²) in [4.78, 5) is 11.8. The number of amides is 1. The van der Waals surface area contributed by atoms with Crippen LogP contribution in [0.5, 0.6) is 0 Å². The Morgan fingerprint density at radius 1 is 1.42 bits per heavy atom. The van der Waals surface area contributed by atoms with Gasteiger partial charge in [-0.1, -0.05) is 13.0 Å². The molecule has 102 valence electrons. The third kappa shape index (κ3) is 3.71. The minimum Gasteiger partial charge on any atom is -0.334 e. The summed E-state index contributed by atoms with van der Waals surface area (Å²) in [6, 6.07) is 6.01. The normalized spacial score (nSPS) is 14.3. The molecule has 1 unspecified atom stereocenters. The van der Waals surface area contributed by atoms with Gasteiger partial charge in [-0.3, -0.25) is 4.79 Å². The number of carbonyl (C=O) groups excluding carboxylic acids is 1. The van der Waals surface area contributed by atoms with Crippen LogP contribution in [-0.2, 0) is 6.18 Å². The molecule has 1 rings (SSSR count). The van der Waals surface area contributed by atoms with Crippen LogP contribution in [0.1, 0.15) is 36.2 Å². The van der Waals surface area contributed by atoms with E-state index in [1.165, 1.54) is 13.0 Å². The van der Waals surface area contributed by atoms with Crippen LogP contribution in [0.3, 0.4) is 0 Å². The lowest BCUT2D eigenvalue weighted by Crippen LogP contribution is -2.44. The molecule has 0 saturated heterocycles. The maximum Gasteiger partial charge on any atom is 0.416 e. The molecule has 0 saturated carbocycles. The number of alkyl halides is 3. The first-order valence-corrected chi connectivity index (χ1v) is 5.63. The van der Waals surface area contributed by atoms with Crippen LogP contribution in [0.25, 0.3) is 0 Å². The number of nitrogens with zero attached hydrogens (tertiary/aromatic N) is 1. The molecule has 0 spiro atoms. The zero-order valence-electron chi connectivity index (χ0n) is 10.5. The largest absolute Gasteiger partial charge is 0.416 e. The maximum atomic E-state index is 12.5. The molecule has 6 heteroatoms. The van der Waals surface area contributed by atoms with Crippen molar-refractivity contribution in [2.45, 2.75) is 32.0 Å². The zero-order valence-corrected chi connectivity index (χ0v) is 10.5. The SMILES string of the molecule is CCC(C)(C#N)NC(=O)c1cccc(C(F)(F)F)c1. The molecule has 0 heterocycles. The van der Waals surface area contributed by atoms with E-state index in [9.17, 15) is 18.0 Å². The lowest BCUT2D eigenvalue weighted by Gasteiger charge is -2.21. The number of hydrogen-bond acceptors (Lipinski definition) is 2. The van der Waals surface area contributed by atoms with Gasteiger partial charge in [-0.15, -0.1) is 0 Å². The van der Waals surface area contributed by atoms with Gasteiger partial charge >= 0.3 is 6.18 Å². The van der Waals surface area contributed by atoms with Gasteiger partial charge in [0.25, 0.3) is 5.91 Å². The predicted octanol–water partition coefficient (Wildman–Crippen LogP) is 3.13. The van der Waals surface area contributed by atoms with Crippen LogP contribution >= 0.6 is 0 Å². The fourth-order valence-electron chi connectivity index (χ4n) is 1.35. The Morgan fingerprint density at radius 2 is 2.05 bits per heavy atom. The van der Waals surface area contributed by atoms with Crippen LogP contribution in [0.2, 0.25) is 0 Å². The van der Waals surface area contributed by atoms with Crippen LogP contribution in [0, 0.1) is 11.3 Å². The average Bonchev–Trinajstić information content (AvgIpc) is 2.37. The molecule has 0 aromatic heterocycles. The van der Waals surface area contributed by atoms with Crippen molar-refractivity contribution in [2.24, 2.45) is 0 Å². The molecule has 0 fully saturated rings. The van der Waals surface area contributed by atoms with Crippen molar-refractivity contribution in [3.63, 3.8) is 0 Å². The first kappa shape index (κ1) is 15.0. The summed E-state index contributed by atoms with van der Waals surface area (Å²) in [5.41, 5.74) is -2.11. The number of nitriles is 1. The van der Waals surface area contributed by atoms with E-state index >= 15 is 0 Å². The van der Waals surface area contributed by atoms with Crippen molar-refractivity contribution in [3.05, 3.63) is 35.4 Å². The van der Waals surface area contributed by atoms with Crippen LogP contribution in [0.4, 0.5) is 13.2 Å². The Balaban J connectivity index is 2.99. The van der Waals surface area contributed by atoms with Crippen LogP contribution in [-0.4, -0.2) is 11.4 Å². The summed E-state index contributed by atoms with van der Waals surface area (Å²) in [5, 5.41) is 11.3. The number of carbonyl (C=O) groups is 1. The van der Waals surface area contributed by atoms with Crippen molar-refractivity contribution in [1.82, 2.24) is 5.32 Å². The summed E-state index contributed by atoms with van der Waals surface area (Å²) in [5.74, 6) is -0.697. The van der Waals surface area contributed by atoms with Gasteiger partial charge < -0.3 is 5.32 Å². The van der Waals surface area contributed by atoms with E-state index in [1.807, 2.05) is 6.07 Å². The molecule has 0 bridgehead atoms. The lowest BCUT2D eigenvalue weighted by molar-refractivity contribution is -0.137. The molecule has 0 aliphatic carbocycles. The summed E-state index contributed by atoms with van der Waals surface area (Å²) in [6.07, 6.45) is -4.15. The summed E-state index contributed by atoms with van der Waals surface area (Å²) in [6.45, 7) is 3.22. The quantitative estimate of drug-likeness (QED) is 0.917. The number of benzene rings is 1. The van der Waals surface area contributed by atoms with Gasteiger partial charge in [-0.05, 0) is 31.5 Å². The van der Waals surface area contributed by atoms with Gasteiger partial charge in [-0.25, -0.2) is 0 Å². The molecule has 0 aliphatic heterocycles. The summed E-state index contributed by atoms with van der Waals surface area (Å²) >= 11 is 0. The van der Waals surface area contributed by atoms with E-state index in [0.717, 1.165) is 18.2 Å². The highest BCUT2D eigenvalue weighted by Crippen LogP contribution is 2.29. The van der Waals surface area contributed by atoms with E-state index in [2.05, 4.69) is 5.32 Å². The molecule has 1 N–H and O–H groups in total. The Morgan fingerprint density at radius 3 is 2.53 bits per heavy atom. The molecule has 1 aromatic carbocycles. The van der Waals surface area contributed by atoms with Gasteiger partial charge in [0.1, 0.15) is 5.54 Å². The standard InChI is InChI=1S/C13H13F3N2O/c1-3-12(2,8-17)18-11(19)9-5-4-6-10(7-9)13(14,15)16/h4-7H,3H2,1-2H3,(H,18,19). The van der Waals surface area contributed by atoms with E-state index in [-0.39, 0.29) is 5.56 Å². The fourth-order valence-corrected chi connectivity index (χ4v) is 1.35. The molecule has 1 aromatic rings. The van der Waals surface area contributed by atoms with E-state index in [1.54, 1.807) is 6.92 Å². The highest BCUT2D eigenvalue weighted by molar-refractivity contribution is 5.95. The predicted molar refractivity (Wildman–Crippen MR) is 63.2 cm³/mol. The molecule has 1 atom stereocenters. The second-order valence-electron chi connectivity index (χ2n) is 4.33. The van der Waals surface area contributed by atoms with Gasteiger partial charge in [0.05, 0.1) is 11.6 Å². The van der Waals surface area contributed by atoms with E-state index in [0.29, 0.717) is 6.42 Å². The van der Waals surface area contributed by atoms with E-state index < -0.39 is 23.2 Å². The maximum absolute atomic E-state index is 12.5. The molecule has 0 radical (unpaired) electrons. The first-order valence-electron chi connectivity index (χ1n) is 5.63. The number of nitrogens with one attached hydrogen (secondary N) is 1. The van der Waals surface area contributed by atoms with Crippen molar-refractivity contribution < 1.29 is 18.0 Å². The minimum absolute atomic E-state index is 0.121. The van der Waals surface area contributed by atoms with Crippen LogP contribution in [0.15, 0.2) is 24.3 Å². The van der Waals surface area contributed by atoms with Gasteiger partial charge in [-0.2, -0.15) is 18.4 Å². The number of hydrogen-bond donors (Lipinski definition) is 1. The molecule has 3 nitrogen and oxygen atoms in total. The van der Waals surface area contributed by atoms with Crippen LogP contribution < -0.4 is 5.32 Å². The topological polar surface area (TPSA) is 52.9 Å². The highest BCUT2D eigenvalue weighted by atomic mass is 19.4. The summed E-state index contributed by atoms with van der Waals surface area (Å²) in [7, 11) is 0. The van der Waals surface area contributed by atoms with Gasteiger partial charge in [0, 0.05) is 5.56 Å². The Kier molecular flexibility index (Phi) is 4.20. The van der Waals surface area contributed by atoms with E-state index in [4.69, 9.17) is 5.26 Å². The second kappa shape index (κ2) is 5.31. The Bertz CT molecular complexity index is 519.